The van der Waals surface area contributed by atoms with Crippen LogP contribution in [0.25, 0.3) is 0 Å². The third-order valence-electron chi connectivity index (χ3n) is 8.85. The van der Waals surface area contributed by atoms with Crippen molar-refractivity contribution in [2.24, 2.45) is 5.92 Å². The highest BCUT2D eigenvalue weighted by molar-refractivity contribution is 4.56. The predicted molar refractivity (Wildman–Crippen MR) is 173 cm³/mol. The molecule has 0 amide bonds. The Morgan fingerprint density at radius 1 is 0.243 bits per heavy atom. The molecule has 37 heavy (non-hydrogen) atoms. The van der Waals surface area contributed by atoms with Crippen LogP contribution in [0.15, 0.2) is 0 Å². The summed E-state index contributed by atoms with van der Waals surface area (Å²) >= 11 is 0. The molecular formula is C37H76. The van der Waals surface area contributed by atoms with E-state index in [-0.39, 0.29) is 0 Å². The molecule has 0 nitrogen and oxygen atoms in total. The number of hydrogen-bond acceptors (Lipinski definition) is 0. The fourth-order valence-corrected chi connectivity index (χ4v) is 6.05. The maximum absolute atomic E-state index is 2.50. The van der Waals surface area contributed by atoms with Crippen LogP contribution in [0.5, 0.6) is 0 Å². The zero-order valence-electron chi connectivity index (χ0n) is 26.9. The van der Waals surface area contributed by atoms with Crippen molar-refractivity contribution in [2.45, 2.75) is 233 Å². The lowest BCUT2D eigenvalue weighted by molar-refractivity contribution is 0.430. The van der Waals surface area contributed by atoms with Gasteiger partial charge in [0.25, 0.3) is 0 Å². The van der Waals surface area contributed by atoms with Crippen LogP contribution in [0.4, 0.5) is 0 Å². The van der Waals surface area contributed by atoms with Crippen molar-refractivity contribution in [1.82, 2.24) is 0 Å². The van der Waals surface area contributed by atoms with Crippen LogP contribution in [0.1, 0.15) is 233 Å². The molecule has 0 aromatic heterocycles. The lowest BCUT2D eigenvalue weighted by Gasteiger charge is -2.11. The quantitative estimate of drug-likeness (QED) is 0.0754. The van der Waals surface area contributed by atoms with E-state index in [1.54, 1.807) is 0 Å². The van der Waals surface area contributed by atoms with E-state index >= 15 is 0 Å². The van der Waals surface area contributed by atoms with Gasteiger partial charge in [-0.2, -0.15) is 0 Å². The zero-order chi connectivity index (χ0) is 26.9. The summed E-state index contributed by atoms with van der Waals surface area (Å²) < 4.78 is 0. The Morgan fingerprint density at radius 2 is 0.405 bits per heavy atom. The summed E-state index contributed by atoms with van der Waals surface area (Å²) in [4.78, 5) is 0. The van der Waals surface area contributed by atoms with Gasteiger partial charge >= 0.3 is 0 Å². The maximum Gasteiger partial charge on any atom is -0.0443 e. The summed E-state index contributed by atoms with van der Waals surface area (Å²) in [6, 6.07) is 0. The fraction of sp³-hybridized carbons (Fsp3) is 1.00. The highest BCUT2D eigenvalue weighted by Crippen LogP contribution is 2.19. The summed E-state index contributed by atoms with van der Waals surface area (Å²) in [5, 5.41) is 0. The molecule has 1 atom stereocenters. The van der Waals surface area contributed by atoms with Gasteiger partial charge in [-0.3, -0.25) is 0 Å². The third kappa shape index (κ3) is 34.0. The van der Waals surface area contributed by atoms with Crippen LogP contribution in [-0.2, 0) is 0 Å². The number of unbranched alkanes of at least 4 members (excludes halogenated alkanes) is 29. The molecule has 0 rings (SSSR count). The molecule has 0 heteroatoms. The van der Waals surface area contributed by atoms with Gasteiger partial charge < -0.3 is 0 Å². The Labute approximate surface area is 238 Å². The van der Waals surface area contributed by atoms with E-state index in [4.69, 9.17) is 0 Å². The van der Waals surface area contributed by atoms with E-state index in [0.717, 1.165) is 5.92 Å². The van der Waals surface area contributed by atoms with E-state index in [0.29, 0.717) is 0 Å². The minimum absolute atomic E-state index is 0.968. The van der Waals surface area contributed by atoms with Crippen LogP contribution < -0.4 is 0 Å². The van der Waals surface area contributed by atoms with Crippen LogP contribution in [0, 0.1) is 5.92 Å². The monoisotopic (exact) mass is 521 g/mol. The first-order valence-electron chi connectivity index (χ1n) is 18.3. The molecule has 0 saturated carbocycles. The van der Waals surface area contributed by atoms with E-state index in [1.165, 1.54) is 212 Å². The van der Waals surface area contributed by atoms with Gasteiger partial charge in [0.2, 0.25) is 0 Å². The summed E-state index contributed by atoms with van der Waals surface area (Å²) in [5.41, 5.74) is 0. The van der Waals surface area contributed by atoms with E-state index in [1.807, 2.05) is 0 Å². The molecule has 0 bridgehead atoms. The van der Waals surface area contributed by atoms with Crippen molar-refractivity contribution in [3.63, 3.8) is 0 Å². The van der Waals surface area contributed by atoms with Gasteiger partial charge in [0.05, 0.1) is 0 Å². The minimum atomic E-state index is 0.968. The Morgan fingerprint density at radius 3 is 0.595 bits per heavy atom. The molecule has 1 unspecified atom stereocenters. The van der Waals surface area contributed by atoms with Crippen molar-refractivity contribution >= 4 is 0 Å². The minimum Gasteiger partial charge on any atom is -0.0654 e. The van der Waals surface area contributed by atoms with Gasteiger partial charge in [-0.05, 0) is 5.92 Å². The smallest absolute Gasteiger partial charge is 0.0443 e. The van der Waals surface area contributed by atoms with Gasteiger partial charge in [0, 0.05) is 0 Å². The Hall–Kier alpha value is 0. The Kier molecular flexibility index (Phi) is 34.0. The van der Waals surface area contributed by atoms with Gasteiger partial charge in [-0.15, -0.1) is 0 Å². The molecule has 0 fully saturated rings. The summed E-state index contributed by atoms with van der Waals surface area (Å²) in [7, 11) is 0. The molecule has 0 spiro atoms. The molecule has 0 aromatic rings. The van der Waals surface area contributed by atoms with Crippen molar-refractivity contribution in [1.29, 1.82) is 0 Å². The first-order valence-corrected chi connectivity index (χ1v) is 18.3. The van der Waals surface area contributed by atoms with E-state index in [9.17, 15) is 0 Å². The Balaban J connectivity index is 3.10. The van der Waals surface area contributed by atoms with Crippen LogP contribution in [0.3, 0.4) is 0 Å². The number of rotatable bonds is 33. The normalized spacial score (nSPS) is 12.4. The predicted octanol–water partition coefficient (Wildman–Crippen LogP) is 14.5. The largest absolute Gasteiger partial charge is 0.0654 e. The molecular weight excluding hydrogens is 444 g/mol. The molecule has 0 aromatic carbocycles. The molecule has 0 N–H and O–H groups in total. The average Bonchev–Trinajstić information content (AvgIpc) is 2.90. The second-order valence-electron chi connectivity index (χ2n) is 12.9. The summed E-state index contributed by atoms with van der Waals surface area (Å²) in [6.45, 7) is 7.12. The van der Waals surface area contributed by atoms with Crippen molar-refractivity contribution in [3.05, 3.63) is 0 Å². The number of hydrogen-bond donors (Lipinski definition) is 0. The van der Waals surface area contributed by atoms with Gasteiger partial charge in [-0.25, -0.2) is 0 Å². The fourth-order valence-electron chi connectivity index (χ4n) is 6.05. The first kappa shape index (κ1) is 37.0. The van der Waals surface area contributed by atoms with E-state index < -0.39 is 0 Å². The Bertz CT molecular complexity index is 372. The summed E-state index contributed by atoms with van der Waals surface area (Å²) in [6.07, 6.45) is 48.7. The molecule has 0 aliphatic carbocycles. The van der Waals surface area contributed by atoms with Gasteiger partial charge in [0.1, 0.15) is 0 Å². The van der Waals surface area contributed by atoms with Crippen molar-refractivity contribution in [3.8, 4) is 0 Å². The lowest BCUT2D eigenvalue weighted by Crippen LogP contribution is -1.95. The molecule has 0 heterocycles. The summed E-state index contributed by atoms with van der Waals surface area (Å²) in [5.74, 6) is 0.968. The zero-order valence-corrected chi connectivity index (χ0v) is 26.9. The van der Waals surface area contributed by atoms with Gasteiger partial charge in [-0.1, -0.05) is 233 Å². The highest BCUT2D eigenvalue weighted by Gasteiger charge is 2.02. The van der Waals surface area contributed by atoms with Crippen LogP contribution in [-0.4, -0.2) is 0 Å². The average molecular weight is 521 g/mol. The third-order valence-corrected chi connectivity index (χ3v) is 8.85. The molecule has 0 aliphatic rings. The SMILES string of the molecule is CCCCCCCCCCCCCCCCCCCCCCCCCC(C)CCCCCCCCCC. The molecule has 0 saturated heterocycles. The van der Waals surface area contributed by atoms with Crippen LogP contribution in [0.2, 0.25) is 0 Å². The second-order valence-corrected chi connectivity index (χ2v) is 12.9. The standard InChI is InChI=1S/C37H76/c1-4-6-8-10-12-14-15-16-17-18-19-20-21-22-23-24-25-26-27-28-30-32-34-36-37(3)35-33-31-29-13-11-9-7-5-2/h37H,4-36H2,1-3H3. The lowest BCUT2D eigenvalue weighted by atomic mass is 9.95. The first-order chi connectivity index (χ1) is 18.3. The topological polar surface area (TPSA) is 0 Å². The molecule has 0 aliphatic heterocycles. The highest BCUT2D eigenvalue weighted by atomic mass is 14.1. The van der Waals surface area contributed by atoms with Crippen molar-refractivity contribution < 1.29 is 0 Å². The van der Waals surface area contributed by atoms with Gasteiger partial charge in [0.15, 0.2) is 0 Å². The van der Waals surface area contributed by atoms with Crippen LogP contribution >= 0.6 is 0 Å². The van der Waals surface area contributed by atoms with Crippen molar-refractivity contribution in [2.75, 3.05) is 0 Å². The second kappa shape index (κ2) is 34.0. The molecule has 224 valence electrons. The van der Waals surface area contributed by atoms with E-state index in [2.05, 4.69) is 20.8 Å². The maximum atomic E-state index is 2.50. The molecule has 0 radical (unpaired) electrons.